The number of nitrogens with one attached hydrogen (secondary N) is 3. The molecule has 176 valence electrons. The van der Waals surface area contributed by atoms with Crippen molar-refractivity contribution in [2.75, 3.05) is 31.6 Å². The minimum absolute atomic E-state index is 0.00505. The average Bonchev–Trinajstić information content (AvgIpc) is 3.23. The largest absolute Gasteiger partial charge is 0.457 e. The summed E-state index contributed by atoms with van der Waals surface area (Å²) in [6.07, 6.45) is 4.58. The normalized spacial score (nSPS) is 20.4. The average molecular weight is 461 g/mol. The molecule has 1 saturated heterocycles. The van der Waals surface area contributed by atoms with Crippen LogP contribution in [0.25, 0.3) is 0 Å². The molecule has 0 saturated carbocycles. The van der Waals surface area contributed by atoms with Crippen LogP contribution in [0.3, 0.4) is 0 Å². The lowest BCUT2D eigenvalue weighted by Crippen LogP contribution is -2.54. The van der Waals surface area contributed by atoms with Gasteiger partial charge >= 0.3 is 5.97 Å². The number of rotatable bonds is 7. The maximum absolute atomic E-state index is 11.9. The fourth-order valence-corrected chi connectivity index (χ4v) is 4.52. The first-order valence-corrected chi connectivity index (χ1v) is 11.1. The number of piperazine rings is 1. The number of aliphatic hydroxyl groups is 1. The third-order valence-electron chi connectivity index (χ3n) is 6.39. The molecule has 2 atom stereocenters. The molecular formula is C25H28N6O3. The highest BCUT2D eigenvalue weighted by molar-refractivity contribution is 5.94. The molecule has 3 heterocycles. The van der Waals surface area contributed by atoms with Crippen molar-refractivity contribution >= 4 is 18.0 Å². The van der Waals surface area contributed by atoms with Gasteiger partial charge in [-0.15, -0.1) is 0 Å². The summed E-state index contributed by atoms with van der Waals surface area (Å²) >= 11 is 0. The Labute approximate surface area is 198 Å². The molecule has 4 rings (SSSR count). The molecule has 2 aliphatic rings. The number of carbonyl (C=O) groups is 1. The molecule has 9 nitrogen and oxygen atoms in total. The van der Waals surface area contributed by atoms with Crippen molar-refractivity contribution in [3.63, 3.8) is 0 Å². The third-order valence-corrected chi connectivity index (χ3v) is 6.39. The van der Waals surface area contributed by atoms with Crippen LogP contribution in [0.4, 0.5) is 5.82 Å². The Balaban J connectivity index is 1.49. The molecule has 2 aliphatic heterocycles. The first-order valence-electron chi connectivity index (χ1n) is 11.1. The van der Waals surface area contributed by atoms with Gasteiger partial charge in [0.2, 0.25) is 0 Å². The molecule has 0 aliphatic carbocycles. The van der Waals surface area contributed by atoms with E-state index in [2.05, 4.69) is 26.6 Å². The predicted molar refractivity (Wildman–Crippen MR) is 128 cm³/mol. The van der Waals surface area contributed by atoms with E-state index in [1.807, 2.05) is 26.0 Å². The number of fused-ring (bicyclic) bond motifs is 1. The molecule has 1 aromatic carbocycles. The van der Waals surface area contributed by atoms with Gasteiger partial charge in [-0.05, 0) is 48.2 Å². The van der Waals surface area contributed by atoms with Gasteiger partial charge in [0.15, 0.2) is 0 Å². The highest BCUT2D eigenvalue weighted by Crippen LogP contribution is 2.31. The molecule has 4 N–H and O–H groups in total. The van der Waals surface area contributed by atoms with Crippen molar-refractivity contribution in [1.82, 2.24) is 15.2 Å². The summed E-state index contributed by atoms with van der Waals surface area (Å²) in [5.41, 5.74) is 5.78. The molecular weight excluding hydrogens is 432 g/mol. The molecule has 1 aromatic heterocycles. The van der Waals surface area contributed by atoms with Crippen LogP contribution in [-0.4, -0.2) is 59.5 Å². The molecule has 0 radical (unpaired) electrons. The Morgan fingerprint density at radius 1 is 1.44 bits per heavy atom. The first kappa shape index (κ1) is 23.6. The number of aliphatic hydroxyl groups excluding tert-OH is 1. The summed E-state index contributed by atoms with van der Waals surface area (Å²) in [4.78, 5) is 18.3. The van der Waals surface area contributed by atoms with Crippen molar-refractivity contribution in [2.24, 2.45) is 0 Å². The van der Waals surface area contributed by atoms with Gasteiger partial charge in [-0.3, -0.25) is 4.90 Å². The Morgan fingerprint density at radius 2 is 2.26 bits per heavy atom. The minimum Gasteiger partial charge on any atom is -0.457 e. The zero-order valence-electron chi connectivity index (χ0n) is 19.3. The quantitative estimate of drug-likeness (QED) is 0.365. The van der Waals surface area contributed by atoms with Crippen LogP contribution in [0.5, 0.6) is 0 Å². The summed E-state index contributed by atoms with van der Waals surface area (Å²) in [5.74, 6) is 0.323. The smallest absolute Gasteiger partial charge is 0.338 e. The minimum atomic E-state index is -0.281. The number of cyclic esters (lactones) is 1. The Kier molecular flexibility index (Phi) is 7.03. The summed E-state index contributed by atoms with van der Waals surface area (Å²) in [5, 5.41) is 33.4. The van der Waals surface area contributed by atoms with Crippen molar-refractivity contribution in [2.45, 2.75) is 32.5 Å². The van der Waals surface area contributed by atoms with Crippen LogP contribution < -0.4 is 10.6 Å². The maximum Gasteiger partial charge on any atom is 0.338 e. The Morgan fingerprint density at radius 3 is 2.97 bits per heavy atom. The molecule has 0 spiro atoms. The van der Waals surface area contributed by atoms with Gasteiger partial charge in [-0.25, -0.2) is 9.78 Å². The standard InChI is InChI=1S/C25H28N6O3/c1-15-5-24(29-9-18(15)7-27)28-8-17(6-26)10-31-11-19(13-32)30-23(12-31)20-3-4-21-22(16(20)2)14-34-25(21)33/h3-6,8-9,19,23,26,30,32H,10-14H2,1-2H3,(H,28,29)/b17-8+,26-6?. The molecule has 9 heteroatoms. The number of aromatic nitrogens is 1. The number of nitriles is 1. The highest BCUT2D eigenvalue weighted by atomic mass is 16.5. The topological polar surface area (TPSA) is 134 Å². The molecule has 2 aromatic rings. The van der Waals surface area contributed by atoms with Gasteiger partial charge in [0, 0.05) is 55.9 Å². The number of hydrogen-bond acceptors (Lipinski definition) is 9. The van der Waals surface area contributed by atoms with Crippen LogP contribution in [-0.2, 0) is 11.3 Å². The van der Waals surface area contributed by atoms with Gasteiger partial charge < -0.3 is 25.9 Å². The van der Waals surface area contributed by atoms with Crippen LogP contribution in [0.1, 0.15) is 44.2 Å². The van der Waals surface area contributed by atoms with Gasteiger partial charge in [0.25, 0.3) is 0 Å². The number of esters is 1. The van der Waals surface area contributed by atoms with Crippen LogP contribution in [0, 0.1) is 30.6 Å². The Bertz CT molecular complexity index is 1190. The van der Waals surface area contributed by atoms with Gasteiger partial charge in [-0.2, -0.15) is 5.26 Å². The van der Waals surface area contributed by atoms with Gasteiger partial charge in [-0.1, -0.05) is 6.07 Å². The van der Waals surface area contributed by atoms with E-state index >= 15 is 0 Å². The van der Waals surface area contributed by atoms with E-state index in [4.69, 9.17) is 15.4 Å². The van der Waals surface area contributed by atoms with E-state index in [9.17, 15) is 9.90 Å². The van der Waals surface area contributed by atoms with E-state index in [1.165, 1.54) is 12.4 Å². The number of carbonyl (C=O) groups excluding carboxylic acids is 1. The lowest BCUT2D eigenvalue weighted by atomic mass is 9.92. The number of nitrogens with zero attached hydrogens (tertiary/aromatic N) is 3. The molecule has 0 amide bonds. The predicted octanol–water partition coefficient (Wildman–Crippen LogP) is 2.19. The fraction of sp³-hybridized carbons (Fsp3) is 0.360. The summed E-state index contributed by atoms with van der Waals surface area (Å²) < 4.78 is 5.19. The first-order chi connectivity index (χ1) is 16.4. The molecule has 0 bridgehead atoms. The SMILES string of the molecule is Cc1cc(N/C=C(\C=N)CN2CC(CO)NC(c3ccc4c(c3C)COC4=O)C2)ncc1C#N. The number of ether oxygens (including phenoxy) is 1. The van der Waals surface area contributed by atoms with Crippen molar-refractivity contribution in [3.05, 3.63) is 69.5 Å². The molecule has 34 heavy (non-hydrogen) atoms. The van der Waals surface area contributed by atoms with E-state index in [0.717, 1.165) is 27.8 Å². The van der Waals surface area contributed by atoms with E-state index in [1.54, 1.807) is 12.3 Å². The van der Waals surface area contributed by atoms with Crippen LogP contribution in [0.15, 0.2) is 36.2 Å². The van der Waals surface area contributed by atoms with E-state index in [-0.39, 0.29) is 24.7 Å². The second-order valence-electron chi connectivity index (χ2n) is 8.68. The molecule has 2 unspecified atom stereocenters. The maximum atomic E-state index is 11.9. The van der Waals surface area contributed by atoms with Crippen molar-refractivity contribution in [3.8, 4) is 6.07 Å². The summed E-state index contributed by atoms with van der Waals surface area (Å²) in [6.45, 7) is 5.99. The lowest BCUT2D eigenvalue weighted by molar-refractivity contribution is 0.0535. The number of aryl methyl sites for hydroxylation is 1. The number of anilines is 1. The second kappa shape index (κ2) is 10.1. The number of pyridine rings is 1. The monoisotopic (exact) mass is 460 g/mol. The van der Waals surface area contributed by atoms with E-state index < -0.39 is 0 Å². The van der Waals surface area contributed by atoms with Crippen molar-refractivity contribution in [1.29, 1.82) is 10.7 Å². The lowest BCUT2D eigenvalue weighted by Gasteiger charge is -2.39. The van der Waals surface area contributed by atoms with E-state index in [0.29, 0.717) is 43.2 Å². The summed E-state index contributed by atoms with van der Waals surface area (Å²) in [7, 11) is 0. The van der Waals surface area contributed by atoms with Crippen LogP contribution in [0.2, 0.25) is 0 Å². The molecule has 1 fully saturated rings. The number of hydrogen-bond donors (Lipinski definition) is 4. The zero-order valence-corrected chi connectivity index (χ0v) is 19.3. The second-order valence-corrected chi connectivity index (χ2v) is 8.68. The van der Waals surface area contributed by atoms with Gasteiger partial charge in [0.1, 0.15) is 18.5 Å². The van der Waals surface area contributed by atoms with Crippen LogP contribution >= 0.6 is 0 Å². The highest BCUT2D eigenvalue weighted by Gasteiger charge is 2.31. The Hall–Kier alpha value is -3.58. The third kappa shape index (κ3) is 4.84. The summed E-state index contributed by atoms with van der Waals surface area (Å²) in [6, 6.07) is 7.53. The number of benzene rings is 1. The van der Waals surface area contributed by atoms with Gasteiger partial charge in [0.05, 0.1) is 17.7 Å². The zero-order chi connectivity index (χ0) is 24.2. The van der Waals surface area contributed by atoms with Crippen molar-refractivity contribution < 1.29 is 14.6 Å². The fourth-order valence-electron chi connectivity index (χ4n) is 4.52.